The Balaban J connectivity index is 1.36. The Morgan fingerprint density at radius 1 is 0.938 bits per heavy atom. The molecular weight excluding hydrogens is 406 g/mol. The number of rotatable bonds is 6. The van der Waals surface area contributed by atoms with Crippen LogP contribution in [0, 0.1) is 17.8 Å². The van der Waals surface area contributed by atoms with E-state index in [-0.39, 0.29) is 28.9 Å². The highest BCUT2D eigenvalue weighted by Gasteiger charge is 2.35. The van der Waals surface area contributed by atoms with Crippen molar-refractivity contribution in [1.82, 2.24) is 5.32 Å². The Labute approximate surface area is 187 Å². The molecule has 0 saturated heterocycles. The van der Waals surface area contributed by atoms with E-state index in [9.17, 15) is 19.5 Å². The molecule has 2 bridgehead atoms. The van der Waals surface area contributed by atoms with Gasteiger partial charge in [-0.25, -0.2) is 0 Å². The maximum Gasteiger partial charge on any atom is 0.259 e. The van der Waals surface area contributed by atoms with E-state index in [0.29, 0.717) is 17.7 Å². The molecule has 2 aliphatic carbocycles. The molecule has 32 heavy (non-hydrogen) atoms. The zero-order valence-corrected chi connectivity index (χ0v) is 18.1. The summed E-state index contributed by atoms with van der Waals surface area (Å²) < 4.78 is 0. The lowest BCUT2D eigenvalue weighted by atomic mass is 9.67. The van der Waals surface area contributed by atoms with Gasteiger partial charge in [0.1, 0.15) is 0 Å². The van der Waals surface area contributed by atoms with Crippen molar-refractivity contribution in [1.29, 1.82) is 0 Å². The maximum atomic E-state index is 12.7. The fraction of sp³-hybridized carbons (Fsp3) is 0.400. The van der Waals surface area contributed by atoms with Gasteiger partial charge < -0.3 is 21.1 Å². The number of hydrogen-bond donors (Lipinski definition) is 4. The Bertz CT molecular complexity index is 987. The molecule has 0 spiro atoms. The number of carbonyl (C=O) groups is 3. The van der Waals surface area contributed by atoms with E-state index >= 15 is 0 Å². The number of phenolic OH excluding ortho intramolecular Hbond substituents is 1. The predicted octanol–water partition coefficient (Wildman–Crippen LogP) is 4.16. The van der Waals surface area contributed by atoms with Crippen molar-refractivity contribution in [2.24, 2.45) is 17.8 Å². The molecule has 2 atom stereocenters. The first-order valence-electron chi connectivity index (χ1n) is 11.2. The second-order valence-electron chi connectivity index (χ2n) is 9.18. The first-order chi connectivity index (χ1) is 15.4. The van der Waals surface area contributed by atoms with Gasteiger partial charge in [0, 0.05) is 17.3 Å². The van der Waals surface area contributed by atoms with E-state index in [1.165, 1.54) is 31.4 Å². The number of anilines is 2. The standard InChI is InChI=1S/C25H29N3O4/c1-15-9-16-11-17(10-15)13-20(12-16)28-24(31)18-5-7-19(8-6-18)27-25(32)21-3-2-4-22(23(21)30)26-14-29/h2-8,14-17,20,30H,9-13H2,1H3,(H,26,29)(H,27,32)(H,28,31). The summed E-state index contributed by atoms with van der Waals surface area (Å²) in [5, 5.41) is 18.4. The summed E-state index contributed by atoms with van der Waals surface area (Å²) in [5.41, 5.74) is 1.24. The lowest BCUT2D eigenvalue weighted by Crippen LogP contribution is -2.43. The highest BCUT2D eigenvalue weighted by Crippen LogP contribution is 2.42. The van der Waals surface area contributed by atoms with E-state index in [0.717, 1.165) is 30.6 Å². The molecule has 2 aliphatic rings. The van der Waals surface area contributed by atoms with Gasteiger partial charge in [-0.05, 0) is 86.3 Å². The largest absolute Gasteiger partial charge is 0.505 e. The number of amides is 3. The Kier molecular flexibility index (Phi) is 6.44. The van der Waals surface area contributed by atoms with Crippen LogP contribution in [0.2, 0.25) is 0 Å². The second-order valence-corrected chi connectivity index (χ2v) is 9.18. The maximum absolute atomic E-state index is 12.7. The summed E-state index contributed by atoms with van der Waals surface area (Å²) in [6.45, 7) is 2.33. The smallest absolute Gasteiger partial charge is 0.259 e. The number of benzene rings is 2. The zero-order valence-electron chi connectivity index (χ0n) is 18.1. The van der Waals surface area contributed by atoms with E-state index in [1.807, 2.05) is 0 Å². The number of para-hydroxylation sites is 1. The monoisotopic (exact) mass is 435 g/mol. The topological polar surface area (TPSA) is 108 Å². The van der Waals surface area contributed by atoms with Crippen LogP contribution in [0.4, 0.5) is 11.4 Å². The van der Waals surface area contributed by atoms with Crippen molar-refractivity contribution < 1.29 is 19.5 Å². The minimum Gasteiger partial charge on any atom is -0.505 e. The molecule has 7 heteroatoms. The quantitative estimate of drug-likeness (QED) is 0.404. The number of hydrogen-bond acceptors (Lipinski definition) is 4. The molecule has 4 N–H and O–H groups in total. The van der Waals surface area contributed by atoms with Gasteiger partial charge in [-0.3, -0.25) is 14.4 Å². The third-order valence-corrected chi connectivity index (χ3v) is 6.61. The van der Waals surface area contributed by atoms with Crippen molar-refractivity contribution in [3.8, 4) is 5.75 Å². The van der Waals surface area contributed by atoms with Crippen LogP contribution >= 0.6 is 0 Å². The average molecular weight is 436 g/mol. The van der Waals surface area contributed by atoms with E-state index < -0.39 is 5.91 Å². The number of nitrogens with one attached hydrogen (secondary N) is 3. The normalized spacial score (nSPS) is 24.3. The van der Waals surface area contributed by atoms with Gasteiger partial charge in [0.15, 0.2) is 5.75 Å². The summed E-state index contributed by atoms with van der Waals surface area (Å²) >= 11 is 0. The van der Waals surface area contributed by atoms with Crippen LogP contribution in [0.5, 0.6) is 5.75 Å². The molecule has 0 heterocycles. The van der Waals surface area contributed by atoms with Gasteiger partial charge in [0.25, 0.3) is 11.8 Å². The summed E-state index contributed by atoms with van der Waals surface area (Å²) in [7, 11) is 0. The van der Waals surface area contributed by atoms with Crippen LogP contribution in [0.15, 0.2) is 42.5 Å². The fourth-order valence-electron chi connectivity index (χ4n) is 5.38. The van der Waals surface area contributed by atoms with Gasteiger partial charge in [0.2, 0.25) is 6.41 Å². The van der Waals surface area contributed by atoms with E-state index in [2.05, 4.69) is 22.9 Å². The first kappa shape index (κ1) is 21.9. The molecule has 2 saturated carbocycles. The van der Waals surface area contributed by atoms with Crippen LogP contribution < -0.4 is 16.0 Å². The van der Waals surface area contributed by atoms with Crippen molar-refractivity contribution in [3.05, 3.63) is 53.6 Å². The lowest BCUT2D eigenvalue weighted by Gasteiger charge is -2.41. The van der Waals surface area contributed by atoms with Gasteiger partial charge in [-0.15, -0.1) is 0 Å². The minimum atomic E-state index is -0.516. The SMILES string of the molecule is CC1CC2CC(C1)CC(NC(=O)c1ccc(NC(=O)c3cccc(NC=O)c3O)cc1)C2. The predicted molar refractivity (Wildman–Crippen MR) is 123 cm³/mol. The first-order valence-corrected chi connectivity index (χ1v) is 11.2. The third kappa shape index (κ3) is 4.93. The summed E-state index contributed by atoms with van der Waals surface area (Å²) in [6, 6.07) is 11.4. The van der Waals surface area contributed by atoms with Gasteiger partial charge in [0.05, 0.1) is 11.3 Å². The molecule has 7 nitrogen and oxygen atoms in total. The molecule has 2 aromatic rings. The second kappa shape index (κ2) is 9.42. The van der Waals surface area contributed by atoms with Crippen LogP contribution in [0.3, 0.4) is 0 Å². The van der Waals surface area contributed by atoms with E-state index in [4.69, 9.17) is 0 Å². The molecule has 0 radical (unpaired) electrons. The minimum absolute atomic E-state index is 0.0378. The summed E-state index contributed by atoms with van der Waals surface area (Å²) in [6.07, 6.45) is 6.38. The molecular formula is C25H29N3O4. The van der Waals surface area contributed by atoms with Gasteiger partial charge in [-0.1, -0.05) is 13.0 Å². The van der Waals surface area contributed by atoms with Crippen molar-refractivity contribution >= 4 is 29.6 Å². The fourth-order valence-corrected chi connectivity index (χ4v) is 5.38. The lowest BCUT2D eigenvalue weighted by molar-refractivity contribution is -0.105. The molecule has 3 amide bonds. The van der Waals surface area contributed by atoms with Crippen molar-refractivity contribution in [2.45, 2.75) is 45.1 Å². The number of phenols is 1. The molecule has 2 fully saturated rings. The van der Waals surface area contributed by atoms with Crippen LogP contribution in [-0.2, 0) is 4.79 Å². The molecule has 2 unspecified atom stereocenters. The Hall–Kier alpha value is -3.35. The number of fused-ring (bicyclic) bond motifs is 2. The van der Waals surface area contributed by atoms with Crippen LogP contribution in [-0.4, -0.2) is 29.4 Å². The Morgan fingerprint density at radius 3 is 2.28 bits per heavy atom. The molecule has 0 aromatic heterocycles. The van der Waals surface area contributed by atoms with Crippen LogP contribution in [0.25, 0.3) is 0 Å². The Morgan fingerprint density at radius 2 is 1.62 bits per heavy atom. The van der Waals surface area contributed by atoms with Crippen LogP contribution in [0.1, 0.15) is 59.7 Å². The molecule has 168 valence electrons. The third-order valence-electron chi connectivity index (χ3n) is 6.61. The number of aromatic hydroxyl groups is 1. The summed E-state index contributed by atoms with van der Waals surface area (Å²) in [5.74, 6) is 1.32. The van der Waals surface area contributed by atoms with Gasteiger partial charge >= 0.3 is 0 Å². The average Bonchev–Trinajstić information content (AvgIpc) is 2.75. The highest BCUT2D eigenvalue weighted by atomic mass is 16.3. The van der Waals surface area contributed by atoms with Crippen molar-refractivity contribution in [3.63, 3.8) is 0 Å². The van der Waals surface area contributed by atoms with E-state index in [1.54, 1.807) is 30.3 Å². The molecule has 0 aliphatic heterocycles. The number of carbonyl (C=O) groups excluding carboxylic acids is 3. The molecule has 4 rings (SSSR count). The summed E-state index contributed by atoms with van der Waals surface area (Å²) in [4.78, 5) is 35.9. The molecule has 2 aromatic carbocycles. The van der Waals surface area contributed by atoms with Crippen molar-refractivity contribution in [2.75, 3.05) is 10.6 Å². The zero-order chi connectivity index (χ0) is 22.7. The van der Waals surface area contributed by atoms with Gasteiger partial charge in [-0.2, -0.15) is 0 Å². The highest BCUT2D eigenvalue weighted by molar-refractivity contribution is 6.07.